The lowest BCUT2D eigenvalue weighted by Crippen LogP contribution is -2.56. The topological polar surface area (TPSA) is 40.6 Å². The minimum Gasteiger partial charge on any atom is -0.304 e. The molecule has 3 amide bonds. The van der Waals surface area contributed by atoms with Crippen molar-refractivity contribution in [2.75, 3.05) is 0 Å². The summed E-state index contributed by atoms with van der Waals surface area (Å²) in [6.07, 6.45) is 0.595. The monoisotopic (exact) mass is 360 g/mol. The van der Waals surface area contributed by atoms with E-state index in [9.17, 15) is 9.59 Å². The zero-order valence-electron chi connectivity index (χ0n) is 16.5. The second-order valence-corrected chi connectivity index (χ2v) is 12.3. The number of hydrogen-bond acceptors (Lipinski definition) is 2. The summed E-state index contributed by atoms with van der Waals surface area (Å²) in [5, 5.41) is 0. The number of carbonyl (C=O) groups is 2. The number of hydrogen-bond donors (Lipinski definition) is 0. The molecule has 1 aromatic rings. The first-order chi connectivity index (χ1) is 11.9. The van der Waals surface area contributed by atoms with E-state index in [4.69, 9.17) is 0 Å². The van der Waals surface area contributed by atoms with Gasteiger partial charge in [0, 0.05) is 6.04 Å². The number of benzene rings is 1. The summed E-state index contributed by atoms with van der Waals surface area (Å²) >= 11 is 0. The average Bonchev–Trinajstić information content (AvgIpc) is 2.86. The van der Waals surface area contributed by atoms with Crippen LogP contribution in [0.5, 0.6) is 0 Å². The van der Waals surface area contributed by atoms with Crippen LogP contribution < -0.4 is 0 Å². The Balaban J connectivity index is 2.72. The highest BCUT2D eigenvalue weighted by Gasteiger charge is 2.62. The molecule has 1 aliphatic heterocycles. The fourth-order valence-electron chi connectivity index (χ4n) is 4.45. The Morgan fingerprint density at radius 1 is 0.960 bits per heavy atom. The largest absolute Gasteiger partial charge is 0.320 e. The molecule has 1 unspecified atom stereocenters. The van der Waals surface area contributed by atoms with Crippen LogP contribution in [0.2, 0.25) is 18.1 Å². The molecule has 0 aromatic heterocycles. The third-order valence-electron chi connectivity index (χ3n) is 6.09. The molecular weight excluding hydrogens is 328 g/mol. The van der Waals surface area contributed by atoms with E-state index in [1.165, 1.54) is 0 Å². The summed E-state index contributed by atoms with van der Waals surface area (Å²) in [7, 11) is -2.14. The molecule has 0 N–H and O–H groups in total. The molecule has 1 fully saturated rings. The van der Waals surface area contributed by atoms with Crippen molar-refractivity contribution in [2.24, 2.45) is 0 Å². The van der Waals surface area contributed by atoms with Crippen LogP contribution in [0.15, 0.2) is 30.3 Å². The van der Waals surface area contributed by atoms with Gasteiger partial charge in [-0.25, -0.2) is 4.79 Å². The number of rotatable bonds is 7. The molecule has 0 bridgehead atoms. The summed E-state index contributed by atoms with van der Waals surface area (Å²) in [5.74, 6) is -0.00267. The van der Waals surface area contributed by atoms with E-state index < -0.39 is 13.8 Å². The third-order valence-corrected chi connectivity index (χ3v) is 11.4. The summed E-state index contributed by atoms with van der Waals surface area (Å²) in [6, 6.07) is 12.5. The molecule has 1 heterocycles. The van der Waals surface area contributed by atoms with Gasteiger partial charge in [-0.3, -0.25) is 9.36 Å². The quantitative estimate of drug-likeness (QED) is 0.509. The molecule has 25 heavy (non-hydrogen) atoms. The van der Waals surface area contributed by atoms with Crippen LogP contribution in [-0.2, 0) is 10.3 Å². The third kappa shape index (κ3) is 2.73. The van der Waals surface area contributed by atoms with E-state index in [0.717, 1.165) is 23.7 Å². The molecule has 138 valence electrons. The average molecular weight is 361 g/mol. The molecule has 0 saturated carbocycles. The van der Waals surface area contributed by atoms with Crippen LogP contribution in [0.3, 0.4) is 0 Å². The smallest absolute Gasteiger partial charge is 0.304 e. The van der Waals surface area contributed by atoms with Crippen molar-refractivity contribution in [1.82, 2.24) is 9.47 Å². The maximum atomic E-state index is 13.8. The number of urea groups is 1. The predicted octanol–water partition coefficient (Wildman–Crippen LogP) is 4.97. The first-order valence-electron chi connectivity index (χ1n) is 9.59. The van der Waals surface area contributed by atoms with Crippen molar-refractivity contribution in [3.8, 4) is 0 Å². The highest BCUT2D eigenvalue weighted by Crippen LogP contribution is 2.45. The molecule has 1 atom stereocenters. The summed E-state index contributed by atoms with van der Waals surface area (Å²) < 4.78 is 1.73. The Kier molecular flexibility index (Phi) is 5.77. The van der Waals surface area contributed by atoms with Crippen molar-refractivity contribution in [3.05, 3.63) is 35.9 Å². The highest BCUT2D eigenvalue weighted by atomic mass is 28.3. The highest BCUT2D eigenvalue weighted by molar-refractivity contribution is 6.81. The van der Waals surface area contributed by atoms with Crippen LogP contribution in [0, 0.1) is 0 Å². The van der Waals surface area contributed by atoms with Crippen LogP contribution in [0.1, 0.15) is 53.5 Å². The second-order valence-electron chi connectivity index (χ2n) is 7.25. The summed E-state index contributed by atoms with van der Waals surface area (Å²) in [4.78, 5) is 29.1. The molecule has 1 aliphatic rings. The van der Waals surface area contributed by atoms with E-state index in [1.54, 1.807) is 4.57 Å². The standard InChI is InChI=1S/C20H32N2O2Si/c1-7-20(17-14-12-11-13-15-17)18(23)22(19(24)21(20)16(5)6)25(8-2,9-3)10-4/h11-16H,7-10H2,1-6H3. The molecule has 5 heteroatoms. The first kappa shape index (κ1) is 19.7. The molecule has 4 nitrogen and oxygen atoms in total. The van der Waals surface area contributed by atoms with Gasteiger partial charge in [0.2, 0.25) is 0 Å². The maximum absolute atomic E-state index is 13.8. The Morgan fingerprint density at radius 3 is 1.88 bits per heavy atom. The molecule has 0 radical (unpaired) electrons. The fraction of sp³-hybridized carbons (Fsp3) is 0.600. The molecule has 2 rings (SSSR count). The van der Waals surface area contributed by atoms with E-state index in [1.807, 2.05) is 56.0 Å². The molecule has 0 spiro atoms. The van der Waals surface area contributed by atoms with Crippen molar-refractivity contribution >= 4 is 20.2 Å². The Labute approximate surface area is 153 Å². The van der Waals surface area contributed by atoms with Gasteiger partial charge in [-0.05, 0) is 44.0 Å². The number of nitrogens with zero attached hydrogens (tertiary/aromatic N) is 2. The molecule has 0 aliphatic carbocycles. The predicted molar refractivity (Wildman–Crippen MR) is 105 cm³/mol. The minimum absolute atomic E-state index is 0.00267. The van der Waals surface area contributed by atoms with Gasteiger partial charge in [0.25, 0.3) is 5.91 Å². The van der Waals surface area contributed by atoms with Gasteiger partial charge in [0.1, 0.15) is 5.54 Å². The summed E-state index contributed by atoms with van der Waals surface area (Å²) in [5.41, 5.74) is 0.0582. The maximum Gasteiger partial charge on any atom is 0.320 e. The first-order valence-corrected chi connectivity index (χ1v) is 12.2. The Hall–Kier alpha value is -1.62. The normalized spacial score (nSPS) is 21.6. The van der Waals surface area contributed by atoms with Crippen molar-refractivity contribution in [3.63, 3.8) is 0 Å². The van der Waals surface area contributed by atoms with E-state index in [-0.39, 0.29) is 18.0 Å². The van der Waals surface area contributed by atoms with Gasteiger partial charge in [-0.1, -0.05) is 58.0 Å². The van der Waals surface area contributed by atoms with Crippen LogP contribution >= 0.6 is 0 Å². The van der Waals surface area contributed by atoms with E-state index >= 15 is 0 Å². The molecule has 1 saturated heterocycles. The molecular formula is C20H32N2O2Si. The Morgan fingerprint density at radius 2 is 1.48 bits per heavy atom. The number of amides is 3. The lowest BCUT2D eigenvalue weighted by Gasteiger charge is -2.37. The fourth-order valence-corrected chi connectivity index (χ4v) is 8.03. The van der Waals surface area contributed by atoms with Gasteiger partial charge < -0.3 is 4.90 Å². The zero-order chi connectivity index (χ0) is 18.8. The van der Waals surface area contributed by atoms with E-state index in [0.29, 0.717) is 6.42 Å². The number of imide groups is 1. The van der Waals surface area contributed by atoms with Crippen molar-refractivity contribution < 1.29 is 9.59 Å². The minimum atomic E-state index is -2.14. The Bertz CT molecular complexity index is 620. The van der Waals surface area contributed by atoms with Crippen LogP contribution in [0.4, 0.5) is 4.79 Å². The van der Waals surface area contributed by atoms with Crippen LogP contribution in [-0.4, -0.2) is 35.7 Å². The lowest BCUT2D eigenvalue weighted by molar-refractivity contribution is -0.132. The van der Waals surface area contributed by atoms with Crippen LogP contribution in [0.25, 0.3) is 0 Å². The lowest BCUT2D eigenvalue weighted by atomic mass is 9.85. The second kappa shape index (κ2) is 7.32. The zero-order valence-corrected chi connectivity index (χ0v) is 17.5. The van der Waals surface area contributed by atoms with Gasteiger partial charge in [-0.2, -0.15) is 0 Å². The van der Waals surface area contributed by atoms with Gasteiger partial charge >= 0.3 is 6.03 Å². The van der Waals surface area contributed by atoms with Gasteiger partial charge in [0.05, 0.1) is 0 Å². The SMILES string of the molecule is CCC1(c2ccccc2)C(=O)N([Si](CC)(CC)CC)C(=O)N1C(C)C. The number of carbonyl (C=O) groups excluding carboxylic acids is 2. The molecule has 1 aromatic carbocycles. The van der Waals surface area contributed by atoms with Gasteiger partial charge in [0.15, 0.2) is 8.24 Å². The summed E-state index contributed by atoms with van der Waals surface area (Å²) in [6.45, 7) is 12.4. The van der Waals surface area contributed by atoms with Crippen molar-refractivity contribution in [2.45, 2.75) is 77.7 Å². The van der Waals surface area contributed by atoms with Gasteiger partial charge in [-0.15, -0.1) is 0 Å². The van der Waals surface area contributed by atoms with E-state index in [2.05, 4.69) is 20.8 Å². The van der Waals surface area contributed by atoms with Crippen molar-refractivity contribution in [1.29, 1.82) is 0 Å².